The van der Waals surface area contributed by atoms with E-state index in [1.165, 1.54) is 11.3 Å². The molecule has 1 heterocycles. The fraction of sp³-hybridized carbons (Fsp3) is 0.182. The van der Waals surface area contributed by atoms with Crippen LogP contribution in [0, 0.1) is 5.41 Å². The van der Waals surface area contributed by atoms with Crippen molar-refractivity contribution < 1.29 is 0 Å². The Morgan fingerprint density at radius 2 is 2.07 bits per heavy atom. The van der Waals surface area contributed by atoms with Gasteiger partial charge in [-0.3, -0.25) is 5.41 Å². The third-order valence-corrected chi connectivity index (χ3v) is 4.65. The van der Waals surface area contributed by atoms with E-state index in [0.717, 1.165) is 42.0 Å². The van der Waals surface area contributed by atoms with E-state index in [0.29, 0.717) is 0 Å². The third kappa shape index (κ3) is 5.72. The lowest BCUT2D eigenvalue weighted by molar-refractivity contribution is 0.855. The van der Waals surface area contributed by atoms with Crippen molar-refractivity contribution in [3.05, 3.63) is 82.7 Å². The number of guanidine groups is 1. The highest BCUT2D eigenvalue weighted by molar-refractivity contribution is 6.30. The number of nitrogens with one attached hydrogen (secondary N) is 2. The lowest BCUT2D eigenvalue weighted by atomic mass is 10.0. The Morgan fingerprint density at radius 1 is 1.25 bits per heavy atom. The Kier molecular flexibility index (Phi) is 6.87. The molecular formula is C22H24ClN5. The molecule has 6 heteroatoms. The van der Waals surface area contributed by atoms with E-state index in [9.17, 15) is 0 Å². The largest absolute Gasteiger partial charge is 0.369 e. The second-order valence-corrected chi connectivity index (χ2v) is 6.97. The maximum Gasteiger partial charge on any atom is 0.206 e. The van der Waals surface area contributed by atoms with Gasteiger partial charge in [0.15, 0.2) is 0 Å². The first-order valence-electron chi connectivity index (χ1n) is 9.24. The van der Waals surface area contributed by atoms with E-state index in [-0.39, 0.29) is 5.96 Å². The van der Waals surface area contributed by atoms with Crippen molar-refractivity contribution in [3.63, 3.8) is 0 Å². The zero-order chi connectivity index (χ0) is 19.8. The zero-order valence-electron chi connectivity index (χ0n) is 15.6. The van der Waals surface area contributed by atoms with E-state index >= 15 is 0 Å². The van der Waals surface area contributed by atoms with Gasteiger partial charge in [0.2, 0.25) is 5.96 Å². The summed E-state index contributed by atoms with van der Waals surface area (Å²) < 4.78 is 2.20. The summed E-state index contributed by atoms with van der Waals surface area (Å²) in [6, 6.07) is 10.0. The summed E-state index contributed by atoms with van der Waals surface area (Å²) in [4.78, 5) is 0. The van der Waals surface area contributed by atoms with E-state index < -0.39 is 0 Å². The van der Waals surface area contributed by atoms with Crippen LogP contribution in [0.25, 0.3) is 11.8 Å². The number of benzene rings is 1. The number of hydrogen-bond acceptors (Lipinski definition) is 2. The SMILES string of the molecule is N=C(N)N/N=C/C=C/c1cc(CCC2=CCCC=C2)n(-c2ccc(Cl)cc2)c1. The number of aryl methyl sites for hydroxylation is 1. The molecule has 5 nitrogen and oxygen atoms in total. The van der Waals surface area contributed by atoms with Crippen LogP contribution in [0.15, 0.2) is 71.5 Å². The highest BCUT2D eigenvalue weighted by Crippen LogP contribution is 2.22. The molecule has 1 aromatic heterocycles. The number of hydrazone groups is 1. The molecule has 3 rings (SSSR count). The summed E-state index contributed by atoms with van der Waals surface area (Å²) in [5.74, 6) is -0.188. The molecule has 28 heavy (non-hydrogen) atoms. The predicted octanol–water partition coefficient (Wildman–Crippen LogP) is 4.82. The molecule has 1 aliphatic rings. The lowest BCUT2D eigenvalue weighted by Crippen LogP contribution is -2.25. The maximum atomic E-state index is 7.07. The summed E-state index contributed by atoms with van der Waals surface area (Å²) in [6.07, 6.45) is 18.5. The minimum Gasteiger partial charge on any atom is -0.369 e. The standard InChI is InChI=1S/C22H24ClN5/c23-19-9-12-20(13-10-19)28-16-18(7-4-14-26-27-22(24)25)15-21(28)11-8-17-5-2-1-3-6-17/h2,4-7,9-10,12-16H,1,3,8,11H2,(H4,24,25,27)/b7-4+,26-14+. The summed E-state index contributed by atoms with van der Waals surface area (Å²) >= 11 is 6.05. The third-order valence-electron chi connectivity index (χ3n) is 4.40. The van der Waals surface area contributed by atoms with Crippen LogP contribution in [0.5, 0.6) is 0 Å². The molecule has 0 amide bonds. The fourth-order valence-electron chi connectivity index (χ4n) is 3.09. The lowest BCUT2D eigenvalue weighted by Gasteiger charge is -2.11. The molecule has 0 atom stereocenters. The van der Waals surface area contributed by atoms with Gasteiger partial charge in [0.25, 0.3) is 0 Å². The summed E-state index contributed by atoms with van der Waals surface area (Å²) in [5, 5.41) is 11.6. The van der Waals surface area contributed by atoms with Crippen LogP contribution in [0.4, 0.5) is 0 Å². The molecule has 0 spiro atoms. The maximum absolute atomic E-state index is 7.07. The highest BCUT2D eigenvalue weighted by atomic mass is 35.5. The smallest absolute Gasteiger partial charge is 0.206 e. The van der Waals surface area contributed by atoms with Crippen LogP contribution in [-0.4, -0.2) is 16.7 Å². The normalized spacial score (nSPS) is 14.0. The molecule has 0 fully saturated rings. The van der Waals surface area contributed by atoms with Crippen molar-refractivity contribution in [2.24, 2.45) is 10.8 Å². The minimum atomic E-state index is -0.188. The first-order chi connectivity index (χ1) is 13.6. The Hall–Kier alpha value is -3.05. The second-order valence-electron chi connectivity index (χ2n) is 6.53. The van der Waals surface area contributed by atoms with Crippen LogP contribution in [0.2, 0.25) is 5.02 Å². The number of rotatable bonds is 7. The molecule has 1 aromatic carbocycles. The molecule has 0 aliphatic heterocycles. The van der Waals surface area contributed by atoms with Crippen LogP contribution in [0.1, 0.15) is 30.5 Å². The van der Waals surface area contributed by atoms with Crippen molar-refractivity contribution in [2.45, 2.75) is 25.7 Å². The van der Waals surface area contributed by atoms with Gasteiger partial charge in [-0.05, 0) is 67.7 Å². The Labute approximate surface area is 170 Å². The monoisotopic (exact) mass is 393 g/mol. The van der Waals surface area contributed by atoms with Crippen LogP contribution in [-0.2, 0) is 6.42 Å². The number of halogens is 1. The molecule has 4 N–H and O–H groups in total. The van der Waals surface area contributed by atoms with Gasteiger partial charge in [0.1, 0.15) is 0 Å². The molecule has 144 valence electrons. The van der Waals surface area contributed by atoms with Crippen molar-refractivity contribution in [1.82, 2.24) is 9.99 Å². The van der Waals surface area contributed by atoms with Crippen molar-refractivity contribution in [2.75, 3.05) is 0 Å². The first-order valence-corrected chi connectivity index (χ1v) is 9.62. The highest BCUT2D eigenvalue weighted by Gasteiger charge is 2.08. The second kappa shape index (κ2) is 9.76. The Morgan fingerprint density at radius 3 is 2.79 bits per heavy atom. The van der Waals surface area contributed by atoms with Gasteiger partial charge in [-0.15, -0.1) is 0 Å². The molecule has 0 unspecified atom stereocenters. The molecule has 0 saturated carbocycles. The summed E-state index contributed by atoms with van der Waals surface area (Å²) in [5.41, 5.74) is 12.4. The van der Waals surface area contributed by atoms with Crippen LogP contribution < -0.4 is 11.2 Å². The van der Waals surface area contributed by atoms with Crippen molar-refractivity contribution in [1.29, 1.82) is 5.41 Å². The van der Waals surface area contributed by atoms with Gasteiger partial charge in [0.05, 0.1) is 0 Å². The number of aromatic nitrogens is 1. The number of nitrogens with zero attached hydrogens (tertiary/aromatic N) is 2. The van der Waals surface area contributed by atoms with Gasteiger partial charge in [0, 0.05) is 28.8 Å². The molecule has 1 aliphatic carbocycles. The van der Waals surface area contributed by atoms with E-state index in [4.69, 9.17) is 22.7 Å². The van der Waals surface area contributed by atoms with Crippen LogP contribution >= 0.6 is 11.6 Å². The average Bonchev–Trinajstić information content (AvgIpc) is 3.10. The van der Waals surface area contributed by atoms with Gasteiger partial charge in [-0.2, -0.15) is 5.10 Å². The van der Waals surface area contributed by atoms with Crippen LogP contribution in [0.3, 0.4) is 0 Å². The van der Waals surface area contributed by atoms with Gasteiger partial charge in [-0.25, -0.2) is 5.43 Å². The Bertz CT molecular complexity index is 932. The molecule has 0 saturated heterocycles. The molecule has 0 bridgehead atoms. The number of nitrogens with two attached hydrogens (primary N) is 1. The topological polar surface area (TPSA) is 79.2 Å². The first kappa shape index (κ1) is 19.7. The summed E-state index contributed by atoms with van der Waals surface area (Å²) in [7, 11) is 0. The number of hydrogen-bond donors (Lipinski definition) is 3. The molecule has 2 aromatic rings. The quantitative estimate of drug-likeness (QED) is 0.358. The van der Waals surface area contributed by atoms with Gasteiger partial charge >= 0.3 is 0 Å². The van der Waals surface area contributed by atoms with E-state index in [2.05, 4.69) is 45.6 Å². The molecular weight excluding hydrogens is 370 g/mol. The van der Waals surface area contributed by atoms with Gasteiger partial charge < -0.3 is 10.3 Å². The Balaban J connectivity index is 1.79. The van der Waals surface area contributed by atoms with Gasteiger partial charge in [-0.1, -0.05) is 41.5 Å². The minimum absolute atomic E-state index is 0.188. The molecule has 0 radical (unpaired) electrons. The van der Waals surface area contributed by atoms with Crippen molar-refractivity contribution in [3.8, 4) is 5.69 Å². The number of allylic oxidation sites excluding steroid dienone is 5. The van der Waals surface area contributed by atoms with E-state index in [1.807, 2.05) is 36.4 Å². The summed E-state index contributed by atoms with van der Waals surface area (Å²) in [6.45, 7) is 0. The predicted molar refractivity (Wildman–Crippen MR) is 118 cm³/mol. The van der Waals surface area contributed by atoms with Crippen molar-refractivity contribution >= 4 is 29.9 Å². The average molecular weight is 394 g/mol. The zero-order valence-corrected chi connectivity index (χ0v) is 16.4. The van der Waals surface area contributed by atoms with E-state index in [1.54, 1.807) is 6.21 Å². The fourth-order valence-corrected chi connectivity index (χ4v) is 3.21.